The lowest BCUT2D eigenvalue weighted by atomic mass is 10.1. The summed E-state index contributed by atoms with van der Waals surface area (Å²) in [5.41, 5.74) is 0. The fraction of sp³-hybridized carbons (Fsp3) is 0.906. The van der Waals surface area contributed by atoms with Crippen molar-refractivity contribution < 1.29 is 28.6 Å². The van der Waals surface area contributed by atoms with Crippen LogP contribution in [-0.2, 0) is 28.6 Å². The Bertz CT molecular complexity index is 562. The highest BCUT2D eigenvalue weighted by atomic mass is 16.6. The van der Waals surface area contributed by atoms with E-state index in [0.29, 0.717) is 19.3 Å². The van der Waals surface area contributed by atoms with E-state index in [-0.39, 0.29) is 31.1 Å². The van der Waals surface area contributed by atoms with E-state index in [0.717, 1.165) is 64.2 Å². The third-order valence-corrected chi connectivity index (χ3v) is 6.86. The smallest absolute Gasteiger partial charge is 0.306 e. The van der Waals surface area contributed by atoms with Gasteiger partial charge in [-0.05, 0) is 19.3 Å². The second kappa shape index (κ2) is 28.4. The summed E-state index contributed by atoms with van der Waals surface area (Å²) >= 11 is 0. The van der Waals surface area contributed by atoms with Crippen molar-refractivity contribution in [1.82, 2.24) is 0 Å². The van der Waals surface area contributed by atoms with E-state index in [1.807, 2.05) is 0 Å². The van der Waals surface area contributed by atoms with E-state index in [1.54, 1.807) is 0 Å². The number of carbonyl (C=O) groups excluding carboxylic acids is 3. The molecule has 1 unspecified atom stereocenters. The van der Waals surface area contributed by atoms with Gasteiger partial charge in [-0.25, -0.2) is 0 Å². The predicted molar refractivity (Wildman–Crippen MR) is 155 cm³/mol. The Morgan fingerprint density at radius 1 is 0.421 bits per heavy atom. The largest absolute Gasteiger partial charge is 0.462 e. The van der Waals surface area contributed by atoms with Crippen LogP contribution in [0.5, 0.6) is 0 Å². The fourth-order valence-electron chi connectivity index (χ4n) is 4.38. The lowest BCUT2D eigenvalue weighted by Gasteiger charge is -2.18. The maximum atomic E-state index is 12.4. The van der Waals surface area contributed by atoms with Crippen LogP contribution < -0.4 is 0 Å². The zero-order valence-electron chi connectivity index (χ0n) is 25.2. The Balaban J connectivity index is 4.34. The minimum Gasteiger partial charge on any atom is -0.462 e. The molecular formula is C32H60O6. The summed E-state index contributed by atoms with van der Waals surface area (Å²) in [5, 5.41) is 0. The van der Waals surface area contributed by atoms with Crippen molar-refractivity contribution in [3.8, 4) is 0 Å². The SMILES string of the molecule is CCCCCCCCCCC(=O)OCC(COC(=O)CCCCCCC)OC(=O)CCCCCCCCC. The zero-order valence-corrected chi connectivity index (χ0v) is 25.2. The number of ether oxygens (including phenoxy) is 3. The molecule has 0 saturated heterocycles. The van der Waals surface area contributed by atoms with Gasteiger partial charge in [0.2, 0.25) is 0 Å². The first-order valence-electron chi connectivity index (χ1n) is 16.0. The number of rotatable bonds is 28. The molecule has 0 radical (unpaired) electrons. The molecule has 6 heteroatoms. The van der Waals surface area contributed by atoms with Crippen LogP contribution in [0.1, 0.15) is 168 Å². The second-order valence-electron chi connectivity index (χ2n) is 10.7. The molecule has 0 heterocycles. The molecule has 0 aliphatic heterocycles. The quantitative estimate of drug-likeness (QED) is 0.0559. The first kappa shape index (κ1) is 36.4. The first-order chi connectivity index (χ1) is 18.5. The molecule has 224 valence electrons. The highest BCUT2D eigenvalue weighted by molar-refractivity contribution is 5.71. The highest BCUT2D eigenvalue weighted by Gasteiger charge is 2.19. The van der Waals surface area contributed by atoms with Gasteiger partial charge in [0.05, 0.1) is 0 Å². The van der Waals surface area contributed by atoms with Gasteiger partial charge in [0.1, 0.15) is 13.2 Å². The van der Waals surface area contributed by atoms with Crippen molar-refractivity contribution >= 4 is 17.9 Å². The fourth-order valence-corrected chi connectivity index (χ4v) is 4.38. The Hall–Kier alpha value is -1.59. The Morgan fingerprint density at radius 2 is 0.711 bits per heavy atom. The van der Waals surface area contributed by atoms with Gasteiger partial charge in [-0.3, -0.25) is 14.4 Å². The van der Waals surface area contributed by atoms with Crippen LogP contribution in [0.2, 0.25) is 0 Å². The summed E-state index contributed by atoms with van der Waals surface area (Å²) in [7, 11) is 0. The average molecular weight is 541 g/mol. The molecule has 0 aromatic heterocycles. The molecule has 0 aliphatic carbocycles. The monoisotopic (exact) mass is 540 g/mol. The zero-order chi connectivity index (χ0) is 28.1. The van der Waals surface area contributed by atoms with Crippen LogP contribution in [0, 0.1) is 0 Å². The van der Waals surface area contributed by atoms with Gasteiger partial charge >= 0.3 is 17.9 Å². The molecule has 0 saturated carbocycles. The van der Waals surface area contributed by atoms with Crippen LogP contribution in [0.25, 0.3) is 0 Å². The van der Waals surface area contributed by atoms with E-state index in [4.69, 9.17) is 14.2 Å². The summed E-state index contributed by atoms with van der Waals surface area (Å²) in [6, 6.07) is 0. The molecule has 0 spiro atoms. The third kappa shape index (κ3) is 26.0. The van der Waals surface area contributed by atoms with Crippen molar-refractivity contribution in [3.63, 3.8) is 0 Å². The van der Waals surface area contributed by atoms with Gasteiger partial charge in [0.25, 0.3) is 0 Å². The second-order valence-corrected chi connectivity index (χ2v) is 10.7. The van der Waals surface area contributed by atoms with Crippen LogP contribution in [0.3, 0.4) is 0 Å². The summed E-state index contributed by atoms with van der Waals surface area (Å²) in [5.74, 6) is -0.899. The van der Waals surface area contributed by atoms with Gasteiger partial charge in [0, 0.05) is 19.3 Å². The molecule has 0 amide bonds. The first-order valence-corrected chi connectivity index (χ1v) is 16.0. The standard InChI is InChI=1S/C32H60O6/c1-4-7-10-13-15-17-19-22-25-31(34)37-28-29(27-36-30(33)24-21-18-12-9-6-3)38-32(35)26-23-20-16-14-11-8-5-2/h29H,4-28H2,1-3H3. The maximum Gasteiger partial charge on any atom is 0.306 e. The summed E-state index contributed by atoms with van der Waals surface area (Å²) in [6.45, 7) is 6.44. The van der Waals surface area contributed by atoms with Crippen LogP contribution in [0.4, 0.5) is 0 Å². The van der Waals surface area contributed by atoms with Crippen molar-refractivity contribution in [2.24, 2.45) is 0 Å². The van der Waals surface area contributed by atoms with Crippen molar-refractivity contribution in [1.29, 1.82) is 0 Å². The molecule has 1 atom stereocenters. The van der Waals surface area contributed by atoms with Crippen LogP contribution in [-0.4, -0.2) is 37.2 Å². The normalized spacial score (nSPS) is 11.8. The maximum absolute atomic E-state index is 12.4. The number of esters is 3. The van der Waals surface area contributed by atoms with E-state index >= 15 is 0 Å². The van der Waals surface area contributed by atoms with E-state index in [1.165, 1.54) is 64.2 Å². The van der Waals surface area contributed by atoms with Gasteiger partial charge < -0.3 is 14.2 Å². The number of unbranched alkanes of at least 4 members (excludes halogenated alkanes) is 17. The topological polar surface area (TPSA) is 78.9 Å². The Labute approximate surface area is 234 Å². The molecule has 0 aromatic rings. The number of hydrogen-bond acceptors (Lipinski definition) is 6. The molecule has 0 fully saturated rings. The van der Waals surface area contributed by atoms with Crippen molar-refractivity contribution in [2.45, 2.75) is 175 Å². The Kier molecular flexibility index (Phi) is 27.2. The molecule has 0 aromatic carbocycles. The molecule has 0 rings (SSSR count). The highest BCUT2D eigenvalue weighted by Crippen LogP contribution is 2.12. The third-order valence-electron chi connectivity index (χ3n) is 6.86. The summed E-state index contributed by atoms with van der Waals surface area (Å²) in [4.78, 5) is 36.7. The van der Waals surface area contributed by atoms with Crippen molar-refractivity contribution in [3.05, 3.63) is 0 Å². The van der Waals surface area contributed by atoms with Gasteiger partial charge in [-0.1, -0.05) is 130 Å². The minimum atomic E-state index is -0.751. The lowest BCUT2D eigenvalue weighted by Crippen LogP contribution is -2.30. The summed E-state index contributed by atoms with van der Waals surface area (Å²) < 4.78 is 16.3. The lowest BCUT2D eigenvalue weighted by molar-refractivity contribution is -0.167. The number of carbonyl (C=O) groups is 3. The molecule has 0 aliphatic rings. The van der Waals surface area contributed by atoms with Gasteiger partial charge in [-0.15, -0.1) is 0 Å². The van der Waals surface area contributed by atoms with Gasteiger partial charge in [-0.2, -0.15) is 0 Å². The molecule has 6 nitrogen and oxygen atoms in total. The molecular weight excluding hydrogens is 480 g/mol. The van der Waals surface area contributed by atoms with Gasteiger partial charge in [0.15, 0.2) is 6.10 Å². The predicted octanol–water partition coefficient (Wildman–Crippen LogP) is 9.02. The van der Waals surface area contributed by atoms with E-state index in [2.05, 4.69) is 20.8 Å². The Morgan fingerprint density at radius 3 is 1.05 bits per heavy atom. The molecule has 38 heavy (non-hydrogen) atoms. The van der Waals surface area contributed by atoms with E-state index < -0.39 is 6.10 Å². The van der Waals surface area contributed by atoms with Crippen molar-refractivity contribution in [2.75, 3.05) is 13.2 Å². The average Bonchev–Trinajstić information content (AvgIpc) is 2.91. The van der Waals surface area contributed by atoms with Crippen LogP contribution in [0.15, 0.2) is 0 Å². The van der Waals surface area contributed by atoms with E-state index in [9.17, 15) is 14.4 Å². The minimum absolute atomic E-state index is 0.0671. The summed E-state index contributed by atoms with van der Waals surface area (Å²) in [6.07, 6.45) is 22.7. The molecule has 0 N–H and O–H groups in total. The number of hydrogen-bond donors (Lipinski definition) is 0. The van der Waals surface area contributed by atoms with Crippen LogP contribution >= 0.6 is 0 Å². The molecule has 0 bridgehead atoms.